The molecule has 0 aromatic heterocycles. The minimum Gasteiger partial charge on any atom is -0.508 e. The molecular formula is C15H13ClN2O3. The number of aromatic hydroxyl groups is 1. The van der Waals surface area contributed by atoms with Crippen molar-refractivity contribution in [2.75, 3.05) is 6.61 Å². The predicted molar refractivity (Wildman–Crippen MR) is 80.8 cm³/mol. The molecule has 0 aliphatic carbocycles. The van der Waals surface area contributed by atoms with Crippen LogP contribution in [-0.4, -0.2) is 23.8 Å². The van der Waals surface area contributed by atoms with Crippen molar-refractivity contribution in [3.63, 3.8) is 0 Å². The Bertz CT molecular complexity index is 659. The van der Waals surface area contributed by atoms with E-state index in [2.05, 4.69) is 10.5 Å². The van der Waals surface area contributed by atoms with E-state index in [0.717, 1.165) is 0 Å². The molecule has 0 bridgehead atoms. The molecule has 6 heteroatoms. The number of carbonyl (C=O) groups excluding carboxylic acids is 1. The zero-order chi connectivity index (χ0) is 15.1. The average molecular weight is 305 g/mol. The molecule has 0 aliphatic rings. The number of carbonyl (C=O) groups is 1. The number of nitrogens with zero attached hydrogens (tertiary/aromatic N) is 1. The SMILES string of the molecule is O=C(COc1ccccc1Cl)N/N=C\c1cccc(O)c1. The molecule has 0 aliphatic heterocycles. The van der Waals surface area contributed by atoms with Gasteiger partial charge in [0.1, 0.15) is 11.5 Å². The number of hydrogen-bond donors (Lipinski definition) is 2. The molecule has 0 atom stereocenters. The van der Waals surface area contributed by atoms with E-state index in [4.69, 9.17) is 16.3 Å². The average Bonchev–Trinajstić information content (AvgIpc) is 2.46. The van der Waals surface area contributed by atoms with Crippen LogP contribution in [0, 0.1) is 0 Å². The summed E-state index contributed by atoms with van der Waals surface area (Å²) >= 11 is 5.90. The van der Waals surface area contributed by atoms with Gasteiger partial charge in [-0.1, -0.05) is 35.9 Å². The Morgan fingerprint density at radius 2 is 2.10 bits per heavy atom. The number of phenolic OH excluding ortho intramolecular Hbond substituents is 1. The Morgan fingerprint density at radius 3 is 2.86 bits per heavy atom. The maximum absolute atomic E-state index is 11.5. The summed E-state index contributed by atoms with van der Waals surface area (Å²) in [5.74, 6) is 0.157. The Kier molecular flexibility index (Phi) is 5.17. The molecule has 0 unspecified atom stereocenters. The van der Waals surface area contributed by atoms with Gasteiger partial charge in [0, 0.05) is 0 Å². The molecule has 1 amide bonds. The van der Waals surface area contributed by atoms with Crippen LogP contribution in [0.5, 0.6) is 11.5 Å². The molecule has 2 aromatic carbocycles. The first-order chi connectivity index (χ1) is 10.1. The van der Waals surface area contributed by atoms with E-state index in [9.17, 15) is 9.90 Å². The van der Waals surface area contributed by atoms with Crippen molar-refractivity contribution in [2.45, 2.75) is 0 Å². The number of ether oxygens (including phenoxy) is 1. The lowest BCUT2D eigenvalue weighted by Crippen LogP contribution is -2.24. The maximum atomic E-state index is 11.5. The van der Waals surface area contributed by atoms with Crippen LogP contribution in [0.1, 0.15) is 5.56 Å². The number of phenols is 1. The standard InChI is InChI=1S/C15H13ClN2O3/c16-13-6-1-2-7-14(13)21-10-15(20)18-17-9-11-4-3-5-12(19)8-11/h1-9,19H,10H2,(H,18,20)/b17-9-. The van der Waals surface area contributed by atoms with Gasteiger partial charge in [-0.2, -0.15) is 5.10 Å². The molecule has 5 nitrogen and oxygen atoms in total. The molecule has 2 N–H and O–H groups in total. The highest BCUT2D eigenvalue weighted by Crippen LogP contribution is 2.22. The molecule has 21 heavy (non-hydrogen) atoms. The molecule has 0 saturated carbocycles. The van der Waals surface area contributed by atoms with Gasteiger partial charge in [0.25, 0.3) is 5.91 Å². The van der Waals surface area contributed by atoms with Crippen molar-refractivity contribution in [2.24, 2.45) is 5.10 Å². The second kappa shape index (κ2) is 7.31. The van der Waals surface area contributed by atoms with Crippen LogP contribution in [0.2, 0.25) is 5.02 Å². The summed E-state index contributed by atoms with van der Waals surface area (Å²) in [6, 6.07) is 13.4. The lowest BCUT2D eigenvalue weighted by atomic mass is 10.2. The largest absolute Gasteiger partial charge is 0.508 e. The third-order valence-corrected chi connectivity index (χ3v) is 2.78. The molecule has 108 valence electrons. The molecule has 0 saturated heterocycles. The maximum Gasteiger partial charge on any atom is 0.277 e. The summed E-state index contributed by atoms with van der Waals surface area (Å²) in [5, 5.41) is 13.5. The molecule has 0 radical (unpaired) electrons. The summed E-state index contributed by atoms with van der Waals surface area (Å²) in [7, 11) is 0. The minimum atomic E-state index is -0.411. The van der Waals surface area contributed by atoms with Crippen molar-refractivity contribution >= 4 is 23.7 Å². The second-order valence-electron chi connectivity index (χ2n) is 4.11. The quantitative estimate of drug-likeness (QED) is 0.659. The van der Waals surface area contributed by atoms with E-state index in [-0.39, 0.29) is 12.4 Å². The zero-order valence-electron chi connectivity index (χ0n) is 11.0. The van der Waals surface area contributed by atoms with Gasteiger partial charge in [-0.05, 0) is 29.8 Å². The Balaban J connectivity index is 1.81. The first kappa shape index (κ1) is 14.9. The highest BCUT2D eigenvalue weighted by molar-refractivity contribution is 6.32. The fourth-order valence-electron chi connectivity index (χ4n) is 1.52. The van der Waals surface area contributed by atoms with Gasteiger partial charge in [-0.25, -0.2) is 5.43 Å². The van der Waals surface area contributed by atoms with E-state index in [1.165, 1.54) is 12.3 Å². The molecule has 0 fully saturated rings. The summed E-state index contributed by atoms with van der Waals surface area (Å²) in [4.78, 5) is 11.5. The van der Waals surface area contributed by atoms with Crippen LogP contribution in [0.15, 0.2) is 53.6 Å². The van der Waals surface area contributed by atoms with Crippen LogP contribution in [-0.2, 0) is 4.79 Å². The van der Waals surface area contributed by atoms with Gasteiger partial charge in [-0.3, -0.25) is 4.79 Å². The van der Waals surface area contributed by atoms with E-state index < -0.39 is 5.91 Å². The minimum absolute atomic E-state index is 0.132. The zero-order valence-corrected chi connectivity index (χ0v) is 11.7. The van der Waals surface area contributed by atoms with Gasteiger partial charge in [0.15, 0.2) is 6.61 Å². The second-order valence-corrected chi connectivity index (χ2v) is 4.51. The van der Waals surface area contributed by atoms with Gasteiger partial charge in [-0.15, -0.1) is 0 Å². The van der Waals surface area contributed by atoms with Crippen LogP contribution in [0.4, 0.5) is 0 Å². The van der Waals surface area contributed by atoms with Crippen molar-refractivity contribution in [3.8, 4) is 11.5 Å². The lowest BCUT2D eigenvalue weighted by molar-refractivity contribution is -0.123. The van der Waals surface area contributed by atoms with Crippen LogP contribution >= 0.6 is 11.6 Å². The third-order valence-electron chi connectivity index (χ3n) is 2.47. The summed E-state index contributed by atoms with van der Waals surface area (Å²) < 4.78 is 5.26. The van der Waals surface area contributed by atoms with Crippen molar-refractivity contribution in [1.29, 1.82) is 0 Å². The van der Waals surface area contributed by atoms with Crippen LogP contribution in [0.25, 0.3) is 0 Å². The number of rotatable bonds is 5. The summed E-state index contributed by atoms with van der Waals surface area (Å²) in [6.07, 6.45) is 1.42. The Hall–Kier alpha value is -2.53. The topological polar surface area (TPSA) is 70.9 Å². The summed E-state index contributed by atoms with van der Waals surface area (Å²) in [6.45, 7) is -0.193. The van der Waals surface area contributed by atoms with Crippen molar-refractivity contribution in [3.05, 3.63) is 59.1 Å². The number of hydrazone groups is 1. The first-order valence-electron chi connectivity index (χ1n) is 6.13. The predicted octanol–water partition coefficient (Wildman–Crippen LogP) is 2.57. The Labute approximate surface area is 126 Å². The van der Waals surface area contributed by atoms with Crippen molar-refractivity contribution in [1.82, 2.24) is 5.43 Å². The van der Waals surface area contributed by atoms with Gasteiger partial charge < -0.3 is 9.84 Å². The van der Waals surface area contributed by atoms with E-state index in [0.29, 0.717) is 16.3 Å². The molecule has 0 heterocycles. The highest BCUT2D eigenvalue weighted by Gasteiger charge is 2.04. The first-order valence-corrected chi connectivity index (χ1v) is 6.51. The van der Waals surface area contributed by atoms with Crippen LogP contribution < -0.4 is 10.2 Å². The lowest BCUT2D eigenvalue weighted by Gasteiger charge is -2.06. The normalized spacial score (nSPS) is 10.5. The number of hydrogen-bond acceptors (Lipinski definition) is 4. The van der Waals surface area contributed by atoms with E-state index in [1.807, 2.05) is 0 Å². The third kappa shape index (κ3) is 4.81. The number of halogens is 1. The Morgan fingerprint density at radius 1 is 1.29 bits per heavy atom. The van der Waals surface area contributed by atoms with Crippen molar-refractivity contribution < 1.29 is 14.6 Å². The fourth-order valence-corrected chi connectivity index (χ4v) is 1.71. The number of benzene rings is 2. The number of para-hydroxylation sites is 1. The van der Waals surface area contributed by atoms with Gasteiger partial charge >= 0.3 is 0 Å². The van der Waals surface area contributed by atoms with E-state index >= 15 is 0 Å². The smallest absolute Gasteiger partial charge is 0.277 e. The van der Waals surface area contributed by atoms with Gasteiger partial charge in [0.2, 0.25) is 0 Å². The summed E-state index contributed by atoms with van der Waals surface area (Å²) in [5.41, 5.74) is 2.99. The monoisotopic (exact) mass is 304 g/mol. The molecule has 2 aromatic rings. The molecular weight excluding hydrogens is 292 g/mol. The van der Waals surface area contributed by atoms with Gasteiger partial charge in [0.05, 0.1) is 11.2 Å². The molecule has 0 spiro atoms. The fraction of sp³-hybridized carbons (Fsp3) is 0.0667. The molecule has 2 rings (SSSR count). The van der Waals surface area contributed by atoms with E-state index in [1.54, 1.807) is 42.5 Å². The highest BCUT2D eigenvalue weighted by atomic mass is 35.5. The van der Waals surface area contributed by atoms with Crippen LogP contribution in [0.3, 0.4) is 0 Å². The number of amides is 1. The number of nitrogens with one attached hydrogen (secondary N) is 1.